The Balaban J connectivity index is 1.59. The van der Waals surface area contributed by atoms with E-state index < -0.39 is 10.0 Å². The molecule has 4 nitrogen and oxygen atoms in total. The number of rotatable bonds is 6. The van der Waals surface area contributed by atoms with E-state index in [4.69, 9.17) is 0 Å². The topological polar surface area (TPSA) is 40.6 Å². The van der Waals surface area contributed by atoms with Gasteiger partial charge in [-0.05, 0) is 67.3 Å². The monoisotopic (exact) mass is 438 g/mol. The SMILES string of the molecule is Cc1cccc(S(=O)(=O)N(c2ccc(F)cc2)C2CCN(Cc3ccccc3)CC2)c1. The van der Waals surface area contributed by atoms with Crippen LogP contribution in [-0.2, 0) is 16.6 Å². The van der Waals surface area contributed by atoms with E-state index in [0.29, 0.717) is 5.69 Å². The zero-order valence-corrected chi connectivity index (χ0v) is 18.4. The molecule has 1 aliphatic rings. The summed E-state index contributed by atoms with van der Waals surface area (Å²) >= 11 is 0. The highest BCUT2D eigenvalue weighted by Crippen LogP contribution is 2.31. The lowest BCUT2D eigenvalue weighted by molar-refractivity contribution is 0.206. The number of likely N-dealkylation sites (tertiary alicyclic amines) is 1. The average Bonchev–Trinajstić information content (AvgIpc) is 2.77. The van der Waals surface area contributed by atoms with E-state index in [0.717, 1.165) is 38.0 Å². The summed E-state index contributed by atoms with van der Waals surface area (Å²) in [6.07, 6.45) is 1.44. The number of hydrogen-bond donors (Lipinski definition) is 0. The van der Waals surface area contributed by atoms with Gasteiger partial charge in [-0.15, -0.1) is 0 Å². The van der Waals surface area contributed by atoms with E-state index in [1.54, 1.807) is 30.3 Å². The molecule has 0 aromatic heterocycles. The lowest BCUT2D eigenvalue weighted by atomic mass is 10.0. The number of sulfonamides is 1. The van der Waals surface area contributed by atoms with E-state index in [1.165, 1.54) is 22.0 Å². The Hall–Kier alpha value is -2.70. The summed E-state index contributed by atoms with van der Waals surface area (Å²) in [7, 11) is -3.77. The van der Waals surface area contributed by atoms with Crippen LogP contribution in [0.4, 0.5) is 10.1 Å². The smallest absolute Gasteiger partial charge is 0.264 e. The average molecular weight is 439 g/mol. The highest BCUT2D eigenvalue weighted by Gasteiger charge is 2.34. The summed E-state index contributed by atoms with van der Waals surface area (Å²) in [5, 5.41) is 0. The summed E-state index contributed by atoms with van der Waals surface area (Å²) in [6, 6.07) is 22.8. The molecule has 3 aromatic carbocycles. The molecule has 0 spiro atoms. The van der Waals surface area contributed by atoms with Crippen molar-refractivity contribution < 1.29 is 12.8 Å². The summed E-state index contributed by atoms with van der Waals surface area (Å²) in [5.41, 5.74) is 2.64. The maximum Gasteiger partial charge on any atom is 0.264 e. The molecule has 0 radical (unpaired) electrons. The standard InChI is InChI=1S/C25H27FN2O2S/c1-20-6-5-9-25(18-20)31(29,30)28(23-12-10-22(26)11-13-23)24-14-16-27(17-15-24)19-21-7-3-2-4-8-21/h2-13,18,24H,14-17,19H2,1H3. The third kappa shape index (κ3) is 4.97. The van der Waals surface area contributed by atoms with Crippen LogP contribution < -0.4 is 4.31 Å². The van der Waals surface area contributed by atoms with E-state index in [1.807, 2.05) is 31.2 Å². The second-order valence-electron chi connectivity index (χ2n) is 8.09. The molecular formula is C25H27FN2O2S. The van der Waals surface area contributed by atoms with Gasteiger partial charge in [-0.3, -0.25) is 9.21 Å². The van der Waals surface area contributed by atoms with Gasteiger partial charge in [0.25, 0.3) is 10.0 Å². The van der Waals surface area contributed by atoms with Crippen molar-refractivity contribution in [3.05, 3.63) is 95.8 Å². The first-order valence-corrected chi connectivity index (χ1v) is 12.0. The van der Waals surface area contributed by atoms with Gasteiger partial charge in [-0.1, -0.05) is 42.5 Å². The van der Waals surface area contributed by atoms with Crippen molar-refractivity contribution in [2.24, 2.45) is 0 Å². The zero-order valence-electron chi connectivity index (χ0n) is 17.6. The van der Waals surface area contributed by atoms with Crippen LogP contribution >= 0.6 is 0 Å². The van der Waals surface area contributed by atoms with Gasteiger partial charge < -0.3 is 0 Å². The summed E-state index contributed by atoms with van der Waals surface area (Å²) < 4.78 is 42.4. The van der Waals surface area contributed by atoms with Gasteiger partial charge in [0, 0.05) is 25.7 Å². The molecule has 1 saturated heterocycles. The third-order valence-electron chi connectivity index (χ3n) is 5.77. The predicted molar refractivity (Wildman–Crippen MR) is 122 cm³/mol. The molecule has 0 amide bonds. The lowest BCUT2D eigenvalue weighted by Crippen LogP contribution is -2.47. The van der Waals surface area contributed by atoms with Crippen molar-refractivity contribution in [2.75, 3.05) is 17.4 Å². The van der Waals surface area contributed by atoms with Crippen molar-refractivity contribution in [3.8, 4) is 0 Å². The molecule has 1 aliphatic heterocycles. The highest BCUT2D eigenvalue weighted by atomic mass is 32.2. The summed E-state index contributed by atoms with van der Waals surface area (Å²) in [4.78, 5) is 2.62. The molecule has 1 heterocycles. The fraction of sp³-hybridized carbons (Fsp3) is 0.280. The number of piperidine rings is 1. The molecule has 0 aliphatic carbocycles. The van der Waals surface area contributed by atoms with Crippen LogP contribution in [0.15, 0.2) is 83.8 Å². The van der Waals surface area contributed by atoms with Gasteiger partial charge in [0.1, 0.15) is 5.82 Å². The van der Waals surface area contributed by atoms with Crippen molar-refractivity contribution in [3.63, 3.8) is 0 Å². The molecule has 4 rings (SSSR count). The van der Waals surface area contributed by atoms with Crippen LogP contribution in [0, 0.1) is 12.7 Å². The van der Waals surface area contributed by atoms with Gasteiger partial charge in [0.15, 0.2) is 0 Å². The molecule has 0 unspecified atom stereocenters. The Kier molecular flexibility index (Phi) is 6.39. The molecule has 1 fully saturated rings. The first kappa shape index (κ1) is 21.5. The molecule has 3 aromatic rings. The number of benzene rings is 3. The van der Waals surface area contributed by atoms with Crippen molar-refractivity contribution in [1.29, 1.82) is 0 Å². The number of anilines is 1. The van der Waals surface area contributed by atoms with Gasteiger partial charge in [-0.2, -0.15) is 0 Å². The minimum atomic E-state index is -3.77. The number of hydrogen-bond acceptors (Lipinski definition) is 3. The number of nitrogens with zero attached hydrogens (tertiary/aromatic N) is 2. The van der Waals surface area contributed by atoms with Gasteiger partial charge in [-0.25, -0.2) is 12.8 Å². The van der Waals surface area contributed by atoms with Gasteiger partial charge >= 0.3 is 0 Å². The number of aryl methyl sites for hydroxylation is 1. The van der Waals surface area contributed by atoms with Crippen LogP contribution in [0.3, 0.4) is 0 Å². The van der Waals surface area contributed by atoms with E-state index in [2.05, 4.69) is 17.0 Å². The first-order valence-electron chi connectivity index (χ1n) is 10.6. The largest absolute Gasteiger partial charge is 0.299 e. The maximum atomic E-state index is 13.7. The highest BCUT2D eigenvalue weighted by molar-refractivity contribution is 7.92. The third-order valence-corrected chi connectivity index (χ3v) is 7.64. The van der Waals surface area contributed by atoms with Crippen molar-refractivity contribution >= 4 is 15.7 Å². The Morgan fingerprint density at radius 1 is 0.935 bits per heavy atom. The van der Waals surface area contributed by atoms with Crippen LogP contribution in [0.25, 0.3) is 0 Å². The predicted octanol–water partition coefficient (Wildman–Crippen LogP) is 4.99. The molecule has 31 heavy (non-hydrogen) atoms. The summed E-state index contributed by atoms with van der Waals surface area (Å²) in [5.74, 6) is -0.380. The molecule has 162 valence electrons. The maximum absolute atomic E-state index is 13.7. The molecule has 0 saturated carbocycles. The minimum absolute atomic E-state index is 0.178. The Bertz CT molecular complexity index is 1110. The molecule has 6 heteroatoms. The molecule has 0 N–H and O–H groups in total. The van der Waals surface area contributed by atoms with Gasteiger partial charge in [0.2, 0.25) is 0 Å². The molecular weight excluding hydrogens is 411 g/mol. The van der Waals surface area contributed by atoms with Gasteiger partial charge in [0.05, 0.1) is 10.6 Å². The lowest BCUT2D eigenvalue weighted by Gasteiger charge is -2.39. The summed E-state index contributed by atoms with van der Waals surface area (Å²) in [6.45, 7) is 4.35. The first-order chi connectivity index (χ1) is 14.9. The fourth-order valence-electron chi connectivity index (χ4n) is 4.18. The normalized spacial score (nSPS) is 15.7. The Labute approximate surface area is 184 Å². The van der Waals surface area contributed by atoms with Crippen LogP contribution in [0.1, 0.15) is 24.0 Å². The Morgan fingerprint density at radius 3 is 2.26 bits per heavy atom. The fourth-order valence-corrected chi connectivity index (χ4v) is 5.99. The van der Waals surface area contributed by atoms with Crippen LogP contribution in [-0.4, -0.2) is 32.4 Å². The molecule has 0 bridgehead atoms. The van der Waals surface area contributed by atoms with Crippen molar-refractivity contribution in [2.45, 2.75) is 37.2 Å². The van der Waals surface area contributed by atoms with Crippen molar-refractivity contribution in [1.82, 2.24) is 4.90 Å². The Morgan fingerprint density at radius 2 is 1.61 bits per heavy atom. The second kappa shape index (κ2) is 9.20. The van der Waals surface area contributed by atoms with Crippen LogP contribution in [0.2, 0.25) is 0 Å². The van der Waals surface area contributed by atoms with E-state index in [9.17, 15) is 12.8 Å². The van der Waals surface area contributed by atoms with E-state index >= 15 is 0 Å². The zero-order chi connectivity index (χ0) is 21.8. The van der Waals surface area contributed by atoms with E-state index in [-0.39, 0.29) is 16.8 Å². The minimum Gasteiger partial charge on any atom is -0.299 e. The van der Waals surface area contributed by atoms with Crippen LogP contribution in [0.5, 0.6) is 0 Å². The number of halogens is 1. The quantitative estimate of drug-likeness (QED) is 0.544. The molecule has 0 atom stereocenters. The second-order valence-corrected chi connectivity index (χ2v) is 9.90.